The van der Waals surface area contributed by atoms with Gasteiger partial charge in [-0.2, -0.15) is 0 Å². The number of aromatic nitrogens is 3. The SMILES string of the molecule is [B]c1nc(C)cc2cnc(S(C)(=O)=O)nc12. The number of nitrogens with zero attached hydrogens (tertiary/aromatic N) is 3. The molecule has 0 bridgehead atoms. The molecule has 7 heteroatoms. The fourth-order valence-corrected chi connectivity index (χ4v) is 1.87. The molecule has 2 radical (unpaired) electrons. The molecule has 0 N–H and O–H groups in total. The Balaban J connectivity index is 2.82. The van der Waals surface area contributed by atoms with Crippen molar-refractivity contribution >= 4 is 34.2 Å². The number of sulfone groups is 1. The van der Waals surface area contributed by atoms with Crippen molar-refractivity contribution in [2.75, 3.05) is 6.26 Å². The summed E-state index contributed by atoms with van der Waals surface area (Å²) in [6.07, 6.45) is 2.48. The van der Waals surface area contributed by atoms with Crippen molar-refractivity contribution in [1.29, 1.82) is 0 Å². The van der Waals surface area contributed by atoms with Crippen LogP contribution >= 0.6 is 0 Å². The minimum absolute atomic E-state index is 0.210. The predicted octanol–water partition coefficient (Wildman–Crippen LogP) is -0.469. The Morgan fingerprint density at radius 2 is 2.00 bits per heavy atom. The lowest BCUT2D eigenvalue weighted by Gasteiger charge is -2.04. The van der Waals surface area contributed by atoms with Gasteiger partial charge in [0.15, 0.2) is 0 Å². The maximum atomic E-state index is 11.3. The Labute approximate surface area is 94.3 Å². The van der Waals surface area contributed by atoms with Crippen LogP contribution in [0.2, 0.25) is 0 Å². The Bertz CT molecular complexity index is 670. The number of pyridine rings is 1. The smallest absolute Gasteiger partial charge is 0.247 e. The molecule has 0 unspecified atom stereocenters. The highest BCUT2D eigenvalue weighted by atomic mass is 32.2. The lowest BCUT2D eigenvalue weighted by molar-refractivity contribution is 0.594. The second-order valence-electron chi connectivity index (χ2n) is 3.51. The second kappa shape index (κ2) is 3.52. The summed E-state index contributed by atoms with van der Waals surface area (Å²) in [5, 5.41) is 0.440. The van der Waals surface area contributed by atoms with Crippen molar-refractivity contribution < 1.29 is 8.42 Å². The van der Waals surface area contributed by atoms with Crippen molar-refractivity contribution in [2.45, 2.75) is 12.1 Å². The summed E-state index contributed by atoms with van der Waals surface area (Å²) in [5.74, 6) is 0. The topological polar surface area (TPSA) is 72.8 Å². The monoisotopic (exact) mass is 233 g/mol. The van der Waals surface area contributed by atoms with Gasteiger partial charge in [0.1, 0.15) is 7.85 Å². The molecule has 0 atom stereocenters. The van der Waals surface area contributed by atoms with Gasteiger partial charge >= 0.3 is 0 Å². The molecule has 0 fully saturated rings. The Morgan fingerprint density at radius 1 is 1.31 bits per heavy atom. The molecular weight excluding hydrogens is 225 g/mol. The molecule has 0 aliphatic rings. The largest absolute Gasteiger partial charge is 0.268 e. The van der Waals surface area contributed by atoms with Crippen molar-refractivity contribution in [3.05, 3.63) is 18.0 Å². The average molecular weight is 233 g/mol. The van der Waals surface area contributed by atoms with Crippen molar-refractivity contribution in [3.8, 4) is 0 Å². The zero-order valence-electron chi connectivity index (χ0n) is 8.80. The summed E-state index contributed by atoms with van der Waals surface area (Å²) in [6.45, 7) is 1.79. The summed E-state index contributed by atoms with van der Waals surface area (Å²) in [5.41, 5.74) is 1.31. The van der Waals surface area contributed by atoms with Crippen molar-refractivity contribution in [1.82, 2.24) is 15.0 Å². The van der Waals surface area contributed by atoms with Crippen molar-refractivity contribution in [2.24, 2.45) is 0 Å². The van der Waals surface area contributed by atoms with Gasteiger partial charge in [-0.15, -0.1) is 0 Å². The molecule has 0 spiro atoms. The fourth-order valence-electron chi connectivity index (χ4n) is 1.36. The second-order valence-corrected chi connectivity index (χ2v) is 5.42. The van der Waals surface area contributed by atoms with E-state index in [4.69, 9.17) is 7.85 Å². The van der Waals surface area contributed by atoms with Crippen LogP contribution in [0.4, 0.5) is 0 Å². The number of rotatable bonds is 1. The lowest BCUT2D eigenvalue weighted by Crippen LogP contribution is -2.14. The van der Waals surface area contributed by atoms with E-state index >= 15 is 0 Å². The standard InChI is InChI=1S/C9H8BN3O2S/c1-5-3-6-4-11-9(16(2,14)15)13-7(6)8(10)12-5/h3-4H,1-2H3. The van der Waals surface area contributed by atoms with E-state index in [2.05, 4.69) is 15.0 Å². The van der Waals surface area contributed by atoms with E-state index in [-0.39, 0.29) is 10.7 Å². The Kier molecular flexibility index (Phi) is 2.42. The predicted molar refractivity (Wildman–Crippen MR) is 60.6 cm³/mol. The normalized spacial score (nSPS) is 11.9. The lowest BCUT2D eigenvalue weighted by atomic mass is 10.0. The number of fused-ring (bicyclic) bond motifs is 1. The van der Waals surface area contributed by atoms with E-state index in [1.54, 1.807) is 13.0 Å². The molecule has 2 aromatic rings. The van der Waals surface area contributed by atoms with Crippen LogP contribution in [-0.4, -0.2) is 37.5 Å². The molecule has 2 rings (SSSR count). The van der Waals surface area contributed by atoms with Crippen molar-refractivity contribution in [3.63, 3.8) is 0 Å². The minimum atomic E-state index is -3.43. The van der Waals surface area contributed by atoms with Crippen LogP contribution in [0, 0.1) is 6.92 Å². The first-order valence-electron chi connectivity index (χ1n) is 4.48. The Morgan fingerprint density at radius 3 is 2.62 bits per heavy atom. The first-order valence-corrected chi connectivity index (χ1v) is 6.37. The van der Waals surface area contributed by atoms with Gasteiger partial charge in [-0.25, -0.2) is 18.4 Å². The van der Waals surface area contributed by atoms with Gasteiger partial charge in [-0.1, -0.05) is 0 Å². The van der Waals surface area contributed by atoms with E-state index in [9.17, 15) is 8.42 Å². The van der Waals surface area contributed by atoms with Gasteiger partial charge in [-0.3, -0.25) is 4.98 Å². The maximum Gasteiger partial charge on any atom is 0.247 e. The highest BCUT2D eigenvalue weighted by molar-refractivity contribution is 7.90. The molecule has 0 saturated heterocycles. The molecule has 80 valence electrons. The molecule has 0 aliphatic carbocycles. The van der Waals surface area contributed by atoms with E-state index in [0.29, 0.717) is 10.9 Å². The van der Waals surface area contributed by atoms with Gasteiger partial charge in [0.05, 0.1) is 5.52 Å². The third kappa shape index (κ3) is 1.90. The van der Waals surface area contributed by atoms with Crippen LogP contribution < -0.4 is 5.59 Å². The molecule has 5 nitrogen and oxygen atoms in total. The molecule has 2 heterocycles. The zero-order valence-corrected chi connectivity index (χ0v) is 9.61. The summed E-state index contributed by atoms with van der Waals surface area (Å²) < 4.78 is 22.5. The average Bonchev–Trinajstić information content (AvgIpc) is 2.15. The Hall–Kier alpha value is -1.50. The summed E-state index contributed by atoms with van der Waals surface area (Å²) in [6, 6.07) is 1.75. The summed E-state index contributed by atoms with van der Waals surface area (Å²) >= 11 is 0. The highest BCUT2D eigenvalue weighted by Gasteiger charge is 2.12. The summed E-state index contributed by atoms with van der Waals surface area (Å²) in [4.78, 5) is 11.7. The van der Waals surface area contributed by atoms with Crippen LogP contribution in [0.5, 0.6) is 0 Å². The summed E-state index contributed by atoms with van der Waals surface area (Å²) in [7, 11) is 2.25. The van der Waals surface area contributed by atoms with Crippen LogP contribution in [0.1, 0.15) is 5.69 Å². The molecule has 0 saturated carbocycles. The zero-order chi connectivity index (χ0) is 11.9. The van der Waals surface area contributed by atoms with E-state index in [1.165, 1.54) is 6.20 Å². The molecule has 0 amide bonds. The molecular formula is C9H8BN3O2S. The van der Waals surface area contributed by atoms with E-state index in [1.807, 2.05) is 0 Å². The maximum absolute atomic E-state index is 11.3. The van der Waals surface area contributed by atoms with Gasteiger partial charge in [0.2, 0.25) is 15.0 Å². The molecule has 2 aromatic heterocycles. The van der Waals surface area contributed by atoms with Gasteiger partial charge in [-0.05, 0) is 13.0 Å². The van der Waals surface area contributed by atoms with Crippen LogP contribution in [0.15, 0.2) is 17.4 Å². The van der Waals surface area contributed by atoms with Crippen LogP contribution in [0.3, 0.4) is 0 Å². The van der Waals surface area contributed by atoms with Crippen LogP contribution in [-0.2, 0) is 9.84 Å². The van der Waals surface area contributed by atoms with Gasteiger partial charge < -0.3 is 0 Å². The molecule has 0 aliphatic heterocycles. The number of hydrogen-bond acceptors (Lipinski definition) is 5. The third-order valence-electron chi connectivity index (χ3n) is 2.03. The first-order chi connectivity index (χ1) is 7.38. The van der Waals surface area contributed by atoms with Gasteiger partial charge in [0.25, 0.3) is 0 Å². The van der Waals surface area contributed by atoms with Crippen LogP contribution in [0.25, 0.3) is 10.9 Å². The van der Waals surface area contributed by atoms with E-state index < -0.39 is 9.84 Å². The van der Waals surface area contributed by atoms with E-state index in [0.717, 1.165) is 11.9 Å². The number of aryl methyl sites for hydroxylation is 1. The molecule has 16 heavy (non-hydrogen) atoms. The highest BCUT2D eigenvalue weighted by Crippen LogP contribution is 2.10. The third-order valence-corrected chi connectivity index (χ3v) is 2.89. The first kappa shape index (κ1) is 11.0. The van der Waals surface area contributed by atoms with Gasteiger partial charge in [0, 0.05) is 29.1 Å². The minimum Gasteiger partial charge on any atom is -0.268 e. The molecule has 0 aromatic carbocycles. The number of hydrogen-bond donors (Lipinski definition) is 0. The fraction of sp³-hybridized carbons (Fsp3) is 0.222. The quantitative estimate of drug-likeness (QED) is 0.491.